The predicted molar refractivity (Wildman–Crippen MR) is 79.1 cm³/mol. The SMILES string of the molecule is CC12CCNCCN1c1cc(C3CC3)cc(F)c1C(=O)N2. The van der Waals surface area contributed by atoms with Crippen molar-refractivity contribution in [1.29, 1.82) is 0 Å². The van der Waals surface area contributed by atoms with E-state index in [9.17, 15) is 9.18 Å². The maximum Gasteiger partial charge on any atom is 0.258 e. The molecule has 1 aliphatic carbocycles. The van der Waals surface area contributed by atoms with Crippen LogP contribution in [0.5, 0.6) is 0 Å². The number of nitrogens with one attached hydrogen (secondary N) is 2. The Morgan fingerprint density at radius 2 is 2.14 bits per heavy atom. The van der Waals surface area contributed by atoms with Crippen molar-refractivity contribution in [3.63, 3.8) is 0 Å². The van der Waals surface area contributed by atoms with Crippen molar-refractivity contribution in [2.45, 2.75) is 37.8 Å². The average molecular weight is 289 g/mol. The molecule has 1 amide bonds. The molecule has 4 nitrogen and oxygen atoms in total. The highest BCUT2D eigenvalue weighted by atomic mass is 19.1. The summed E-state index contributed by atoms with van der Waals surface area (Å²) in [6.07, 6.45) is 3.07. The van der Waals surface area contributed by atoms with Crippen LogP contribution in [-0.2, 0) is 0 Å². The molecule has 2 N–H and O–H groups in total. The maximum absolute atomic E-state index is 14.5. The van der Waals surface area contributed by atoms with Crippen molar-refractivity contribution >= 4 is 11.6 Å². The summed E-state index contributed by atoms with van der Waals surface area (Å²) in [5.74, 6) is -0.192. The number of carbonyl (C=O) groups excluding carboxylic acids is 1. The third-order valence-electron chi connectivity index (χ3n) is 4.94. The summed E-state index contributed by atoms with van der Waals surface area (Å²) in [5, 5.41) is 6.36. The van der Waals surface area contributed by atoms with E-state index >= 15 is 0 Å². The number of halogens is 1. The number of rotatable bonds is 1. The van der Waals surface area contributed by atoms with Gasteiger partial charge in [0.05, 0.1) is 11.3 Å². The van der Waals surface area contributed by atoms with Crippen LogP contribution in [0.25, 0.3) is 0 Å². The van der Waals surface area contributed by atoms with Crippen LogP contribution in [0.3, 0.4) is 0 Å². The summed E-state index contributed by atoms with van der Waals surface area (Å²) >= 11 is 0. The molecule has 2 heterocycles. The van der Waals surface area contributed by atoms with Crippen LogP contribution in [0, 0.1) is 5.82 Å². The van der Waals surface area contributed by atoms with Crippen LogP contribution in [0.1, 0.15) is 48.0 Å². The smallest absolute Gasteiger partial charge is 0.258 e. The Bertz CT molecular complexity index is 614. The molecular weight excluding hydrogens is 269 g/mol. The minimum absolute atomic E-state index is 0.207. The third-order valence-corrected chi connectivity index (χ3v) is 4.94. The first-order valence-electron chi connectivity index (χ1n) is 7.73. The van der Waals surface area contributed by atoms with Gasteiger partial charge in [0.1, 0.15) is 11.5 Å². The highest BCUT2D eigenvalue weighted by Crippen LogP contribution is 2.44. The number of hydrogen-bond acceptors (Lipinski definition) is 3. The van der Waals surface area contributed by atoms with Gasteiger partial charge in [-0.15, -0.1) is 0 Å². The summed E-state index contributed by atoms with van der Waals surface area (Å²) in [5.41, 5.74) is 1.59. The molecular formula is C16H20FN3O. The number of anilines is 1. The Balaban J connectivity index is 1.87. The van der Waals surface area contributed by atoms with E-state index in [1.807, 2.05) is 13.0 Å². The summed E-state index contributed by atoms with van der Waals surface area (Å²) < 4.78 is 14.5. The average Bonchev–Trinajstić information content (AvgIpc) is 3.24. The van der Waals surface area contributed by atoms with Crippen LogP contribution in [-0.4, -0.2) is 31.2 Å². The second kappa shape index (κ2) is 4.44. The largest absolute Gasteiger partial charge is 0.347 e. The molecule has 1 aromatic carbocycles. The van der Waals surface area contributed by atoms with Crippen LogP contribution < -0.4 is 15.5 Å². The summed E-state index contributed by atoms with van der Waals surface area (Å²) in [6.45, 7) is 4.51. The summed E-state index contributed by atoms with van der Waals surface area (Å²) in [6, 6.07) is 3.59. The van der Waals surface area contributed by atoms with Gasteiger partial charge in [0.2, 0.25) is 0 Å². The van der Waals surface area contributed by atoms with E-state index in [4.69, 9.17) is 0 Å². The molecule has 21 heavy (non-hydrogen) atoms. The number of fused-ring (bicyclic) bond motifs is 3. The zero-order chi connectivity index (χ0) is 14.6. The van der Waals surface area contributed by atoms with Gasteiger partial charge in [-0.3, -0.25) is 4.79 Å². The normalized spacial score (nSPS) is 28.5. The van der Waals surface area contributed by atoms with E-state index in [0.29, 0.717) is 5.92 Å². The molecule has 112 valence electrons. The van der Waals surface area contributed by atoms with Gasteiger partial charge in [-0.25, -0.2) is 4.39 Å². The topological polar surface area (TPSA) is 44.4 Å². The quantitative estimate of drug-likeness (QED) is 0.831. The second-order valence-electron chi connectivity index (χ2n) is 6.55. The number of hydrogen-bond donors (Lipinski definition) is 2. The highest BCUT2D eigenvalue weighted by Gasteiger charge is 2.42. The van der Waals surface area contributed by atoms with Gasteiger partial charge in [0, 0.05) is 19.5 Å². The number of benzene rings is 1. The summed E-state index contributed by atoms with van der Waals surface area (Å²) in [4.78, 5) is 14.5. The Morgan fingerprint density at radius 3 is 2.90 bits per heavy atom. The molecule has 0 aromatic heterocycles. The monoisotopic (exact) mass is 289 g/mol. The molecule has 1 unspecified atom stereocenters. The van der Waals surface area contributed by atoms with Crippen molar-refractivity contribution in [1.82, 2.24) is 10.6 Å². The van der Waals surface area contributed by atoms with Gasteiger partial charge in [-0.05, 0) is 49.9 Å². The Labute approximate surface area is 123 Å². The van der Waals surface area contributed by atoms with Crippen LogP contribution in [0.15, 0.2) is 12.1 Å². The first-order valence-corrected chi connectivity index (χ1v) is 7.73. The fraction of sp³-hybridized carbons (Fsp3) is 0.562. The van der Waals surface area contributed by atoms with Gasteiger partial charge >= 0.3 is 0 Å². The molecule has 2 aliphatic heterocycles. The molecule has 1 aromatic rings. The van der Waals surface area contributed by atoms with E-state index in [1.54, 1.807) is 6.07 Å². The molecule has 0 bridgehead atoms. The van der Waals surface area contributed by atoms with E-state index in [2.05, 4.69) is 15.5 Å². The van der Waals surface area contributed by atoms with E-state index in [1.165, 1.54) is 0 Å². The number of amides is 1. The van der Waals surface area contributed by atoms with Gasteiger partial charge in [-0.2, -0.15) is 0 Å². The maximum atomic E-state index is 14.5. The standard InChI is InChI=1S/C16H20FN3O/c1-16-4-5-18-6-7-20(16)13-9-11(10-2-3-10)8-12(17)14(13)15(21)19-16/h8-10,18H,2-7H2,1H3,(H,19,21). The Hall–Kier alpha value is -1.62. The molecule has 0 radical (unpaired) electrons. The molecule has 1 saturated heterocycles. The fourth-order valence-corrected chi connectivity index (χ4v) is 3.56. The van der Waals surface area contributed by atoms with Crippen LogP contribution >= 0.6 is 0 Å². The zero-order valence-electron chi connectivity index (χ0n) is 12.2. The van der Waals surface area contributed by atoms with E-state index in [0.717, 1.165) is 50.1 Å². The summed E-state index contributed by atoms with van der Waals surface area (Å²) in [7, 11) is 0. The lowest BCUT2D eigenvalue weighted by atomic mass is 9.95. The predicted octanol–water partition coefficient (Wildman–Crippen LogP) is 1.96. The second-order valence-corrected chi connectivity index (χ2v) is 6.55. The van der Waals surface area contributed by atoms with Gasteiger partial charge in [0.15, 0.2) is 0 Å². The molecule has 0 spiro atoms. The van der Waals surface area contributed by atoms with Crippen molar-refractivity contribution in [2.24, 2.45) is 0 Å². The number of nitrogens with zero attached hydrogens (tertiary/aromatic N) is 1. The fourth-order valence-electron chi connectivity index (χ4n) is 3.56. The van der Waals surface area contributed by atoms with E-state index in [-0.39, 0.29) is 17.3 Å². The zero-order valence-corrected chi connectivity index (χ0v) is 12.2. The van der Waals surface area contributed by atoms with Gasteiger partial charge < -0.3 is 15.5 Å². The van der Waals surface area contributed by atoms with Gasteiger partial charge in [-0.1, -0.05) is 0 Å². The van der Waals surface area contributed by atoms with Crippen molar-refractivity contribution in [2.75, 3.05) is 24.5 Å². The molecule has 3 aliphatic rings. The Morgan fingerprint density at radius 1 is 1.33 bits per heavy atom. The Kier molecular flexibility index (Phi) is 2.76. The van der Waals surface area contributed by atoms with Crippen LogP contribution in [0.2, 0.25) is 0 Å². The van der Waals surface area contributed by atoms with Crippen molar-refractivity contribution < 1.29 is 9.18 Å². The lowest BCUT2D eigenvalue weighted by Crippen LogP contribution is -2.62. The molecule has 2 fully saturated rings. The van der Waals surface area contributed by atoms with Crippen LogP contribution in [0.4, 0.5) is 10.1 Å². The minimum Gasteiger partial charge on any atom is -0.347 e. The first kappa shape index (κ1) is 13.1. The third kappa shape index (κ3) is 2.02. The van der Waals surface area contributed by atoms with E-state index < -0.39 is 5.66 Å². The lowest BCUT2D eigenvalue weighted by molar-refractivity contribution is 0.0882. The number of carbonyl (C=O) groups is 1. The first-order chi connectivity index (χ1) is 10.1. The minimum atomic E-state index is -0.428. The highest BCUT2D eigenvalue weighted by molar-refractivity contribution is 6.03. The molecule has 4 rings (SSSR count). The lowest BCUT2D eigenvalue weighted by Gasteiger charge is -2.46. The van der Waals surface area contributed by atoms with Crippen molar-refractivity contribution in [3.8, 4) is 0 Å². The van der Waals surface area contributed by atoms with Crippen molar-refractivity contribution in [3.05, 3.63) is 29.1 Å². The molecule has 1 atom stereocenters. The molecule has 5 heteroatoms. The van der Waals surface area contributed by atoms with Gasteiger partial charge in [0.25, 0.3) is 5.91 Å². The molecule has 1 saturated carbocycles.